The number of ether oxygens (including phenoxy) is 1. The number of aliphatic imine (C=N–C) groups is 1. The number of hydrogen-bond donors (Lipinski definition) is 4. The molecule has 7 aliphatic rings. The summed E-state index contributed by atoms with van der Waals surface area (Å²) in [4.78, 5) is 4.84. The second kappa shape index (κ2) is 12.4. The van der Waals surface area contributed by atoms with Crippen LogP contribution in [0.2, 0.25) is 0 Å². The van der Waals surface area contributed by atoms with Gasteiger partial charge in [-0.1, -0.05) is 38.3 Å². The van der Waals surface area contributed by atoms with E-state index in [0.29, 0.717) is 47.7 Å². The molecule has 1 saturated heterocycles. The molecule has 0 aromatic carbocycles. The third-order valence-corrected chi connectivity index (χ3v) is 15.0. The van der Waals surface area contributed by atoms with E-state index in [9.17, 15) is 10.2 Å². The number of nitrogens with zero attached hydrogens (tertiary/aromatic N) is 1. The minimum atomic E-state index is -0.659. The first-order valence-electron chi connectivity index (χ1n) is 19.3. The molecule has 11 atom stereocenters. The second-order valence-electron chi connectivity index (χ2n) is 18.2. The number of epoxide rings is 1. The Labute approximate surface area is 273 Å². The fraction of sp³-hybridized carbons (Fsp3) is 0.923. The van der Waals surface area contributed by atoms with Crippen LogP contribution >= 0.6 is 0 Å². The summed E-state index contributed by atoms with van der Waals surface area (Å²) in [5.74, 6) is 4.19. The summed E-state index contributed by atoms with van der Waals surface area (Å²) in [6.45, 7) is 10.8. The van der Waals surface area contributed by atoms with E-state index >= 15 is 0 Å². The van der Waals surface area contributed by atoms with Crippen LogP contribution in [0.15, 0.2) is 17.1 Å². The number of guanidine groups is 1. The largest absolute Gasteiger partial charge is 0.393 e. The Balaban J connectivity index is 0.952. The standard InChI is InChI=1S/C39H65N3O3/c1-26-21-38(18-13-27(22-38)14-19-39(44)16-7-10-31(43)23-39)34-37(3,45-34)17-15-33-32(26)24-36(33,2)29-12-11-28(20-29)25-41-35(40)42-30-8-5-4-6-9-30/h27-34,43-44H,1,4-25H2,2-3H3,(H3,40,41,42)/t27-,28+,29-,31+,32-,33-,34-,36-,37-,38-,39+/m1/s1. The summed E-state index contributed by atoms with van der Waals surface area (Å²) in [5, 5.41) is 24.9. The molecule has 6 aliphatic carbocycles. The average Bonchev–Trinajstić information content (AvgIpc) is 3.31. The maximum absolute atomic E-state index is 11.2. The first-order valence-corrected chi connectivity index (χ1v) is 19.3. The zero-order valence-electron chi connectivity index (χ0n) is 28.7. The molecule has 6 saturated carbocycles. The third-order valence-electron chi connectivity index (χ3n) is 15.0. The fourth-order valence-electron chi connectivity index (χ4n) is 12.3. The number of aliphatic hydroxyl groups is 2. The molecule has 1 aliphatic heterocycles. The molecule has 7 fully saturated rings. The normalized spacial score (nSPS) is 49.0. The van der Waals surface area contributed by atoms with Crippen LogP contribution in [0, 0.1) is 40.4 Å². The highest BCUT2D eigenvalue weighted by Gasteiger charge is 2.67. The van der Waals surface area contributed by atoms with Crippen LogP contribution < -0.4 is 11.1 Å². The summed E-state index contributed by atoms with van der Waals surface area (Å²) in [6, 6.07) is 0.525. The van der Waals surface area contributed by atoms with E-state index in [0.717, 1.165) is 56.9 Å². The highest BCUT2D eigenvalue weighted by atomic mass is 16.6. The number of fused-ring (bicyclic) bond motifs is 3. The van der Waals surface area contributed by atoms with E-state index < -0.39 is 5.60 Å². The van der Waals surface area contributed by atoms with Gasteiger partial charge in [0.2, 0.25) is 0 Å². The molecular weight excluding hydrogens is 558 g/mol. The fourth-order valence-corrected chi connectivity index (χ4v) is 12.3. The Bertz CT molecular complexity index is 1120. The van der Waals surface area contributed by atoms with Gasteiger partial charge in [0.15, 0.2) is 5.96 Å². The molecule has 1 heterocycles. The van der Waals surface area contributed by atoms with Crippen molar-refractivity contribution >= 4 is 5.96 Å². The molecule has 7 rings (SSSR count). The molecule has 254 valence electrons. The summed E-state index contributed by atoms with van der Waals surface area (Å²) in [6.07, 6.45) is 24.2. The van der Waals surface area contributed by atoms with E-state index in [1.807, 2.05) is 0 Å². The van der Waals surface area contributed by atoms with Crippen molar-refractivity contribution in [3.63, 3.8) is 0 Å². The van der Waals surface area contributed by atoms with E-state index in [4.69, 9.17) is 22.0 Å². The lowest BCUT2D eigenvalue weighted by molar-refractivity contribution is -0.0693. The summed E-state index contributed by atoms with van der Waals surface area (Å²) in [7, 11) is 0. The highest BCUT2D eigenvalue weighted by Crippen LogP contribution is 2.69. The predicted molar refractivity (Wildman–Crippen MR) is 182 cm³/mol. The summed E-state index contributed by atoms with van der Waals surface area (Å²) in [5.41, 5.74) is 7.87. The Hall–Kier alpha value is -1.11. The molecule has 1 spiro atoms. The lowest BCUT2D eigenvalue weighted by Crippen LogP contribution is -2.51. The monoisotopic (exact) mass is 624 g/mol. The Morgan fingerprint density at radius 1 is 0.956 bits per heavy atom. The van der Waals surface area contributed by atoms with Crippen LogP contribution in [0.4, 0.5) is 0 Å². The lowest BCUT2D eigenvalue weighted by atomic mass is 9.46. The van der Waals surface area contributed by atoms with Crippen LogP contribution in [0.5, 0.6) is 0 Å². The molecule has 0 aromatic rings. The molecule has 6 heteroatoms. The highest BCUT2D eigenvalue weighted by molar-refractivity contribution is 5.78. The van der Waals surface area contributed by atoms with Gasteiger partial charge in [-0.2, -0.15) is 0 Å². The van der Waals surface area contributed by atoms with Gasteiger partial charge in [-0.25, -0.2) is 0 Å². The van der Waals surface area contributed by atoms with Gasteiger partial charge in [-0.3, -0.25) is 4.99 Å². The number of allylic oxidation sites excluding steroid dienone is 1. The molecule has 0 bridgehead atoms. The van der Waals surface area contributed by atoms with Gasteiger partial charge in [-0.05, 0) is 151 Å². The number of aliphatic hydroxyl groups excluding tert-OH is 1. The molecular formula is C39H65N3O3. The van der Waals surface area contributed by atoms with Gasteiger partial charge in [0.25, 0.3) is 0 Å². The number of nitrogens with one attached hydrogen (secondary N) is 1. The zero-order chi connectivity index (χ0) is 31.5. The maximum Gasteiger partial charge on any atom is 0.188 e. The first kappa shape index (κ1) is 32.4. The minimum absolute atomic E-state index is 0.0298. The van der Waals surface area contributed by atoms with Crippen LogP contribution in [0.1, 0.15) is 149 Å². The van der Waals surface area contributed by atoms with Crippen LogP contribution in [-0.4, -0.2) is 52.2 Å². The topological polar surface area (TPSA) is 103 Å². The smallest absolute Gasteiger partial charge is 0.188 e. The van der Waals surface area contributed by atoms with Crippen molar-refractivity contribution in [3.05, 3.63) is 12.2 Å². The van der Waals surface area contributed by atoms with Crippen LogP contribution in [0.3, 0.4) is 0 Å². The quantitative estimate of drug-likeness (QED) is 0.102. The molecule has 0 amide bonds. The van der Waals surface area contributed by atoms with Gasteiger partial charge in [-0.15, -0.1) is 0 Å². The van der Waals surface area contributed by atoms with Crippen molar-refractivity contribution in [2.45, 2.75) is 178 Å². The molecule has 0 radical (unpaired) electrons. The maximum atomic E-state index is 11.2. The zero-order valence-corrected chi connectivity index (χ0v) is 28.7. The van der Waals surface area contributed by atoms with Gasteiger partial charge in [0.05, 0.1) is 23.4 Å². The molecule has 0 aromatic heterocycles. The Morgan fingerprint density at radius 3 is 2.58 bits per heavy atom. The second-order valence-corrected chi connectivity index (χ2v) is 18.2. The van der Waals surface area contributed by atoms with E-state index in [1.54, 1.807) is 0 Å². The van der Waals surface area contributed by atoms with Crippen molar-refractivity contribution in [1.82, 2.24) is 5.32 Å². The third kappa shape index (κ3) is 6.52. The van der Waals surface area contributed by atoms with Gasteiger partial charge in [0.1, 0.15) is 0 Å². The van der Waals surface area contributed by atoms with E-state index in [1.165, 1.54) is 95.5 Å². The van der Waals surface area contributed by atoms with Crippen LogP contribution in [-0.2, 0) is 4.74 Å². The number of rotatable bonds is 7. The van der Waals surface area contributed by atoms with Crippen molar-refractivity contribution in [2.24, 2.45) is 51.1 Å². The van der Waals surface area contributed by atoms with Gasteiger partial charge in [0, 0.05) is 24.4 Å². The average molecular weight is 624 g/mol. The number of hydrogen-bond acceptors (Lipinski definition) is 4. The van der Waals surface area contributed by atoms with E-state index in [2.05, 4.69) is 19.2 Å². The summed E-state index contributed by atoms with van der Waals surface area (Å²) < 4.78 is 6.71. The van der Waals surface area contributed by atoms with Crippen molar-refractivity contribution in [1.29, 1.82) is 0 Å². The first-order chi connectivity index (χ1) is 21.5. The van der Waals surface area contributed by atoms with Crippen LogP contribution in [0.25, 0.3) is 0 Å². The van der Waals surface area contributed by atoms with Crippen molar-refractivity contribution in [3.8, 4) is 0 Å². The molecule has 6 nitrogen and oxygen atoms in total. The van der Waals surface area contributed by atoms with Crippen molar-refractivity contribution < 1.29 is 14.9 Å². The molecule has 45 heavy (non-hydrogen) atoms. The van der Waals surface area contributed by atoms with E-state index in [-0.39, 0.29) is 17.1 Å². The van der Waals surface area contributed by atoms with Gasteiger partial charge >= 0.3 is 0 Å². The van der Waals surface area contributed by atoms with Gasteiger partial charge < -0.3 is 26.0 Å². The Kier molecular flexibility index (Phi) is 8.94. The predicted octanol–water partition coefficient (Wildman–Crippen LogP) is 7.41. The number of nitrogens with two attached hydrogens (primary N) is 1. The minimum Gasteiger partial charge on any atom is -0.393 e. The SMILES string of the molecule is C=C1C[C@@]2(CC[C@H](CC[C@@]3(O)CCC[C@H](O)C3)C2)[C@@H]2O[C@]2(C)CC[C@@H]2[C@@H]1C[C@]2(C)[C@@H]1CC[C@H](CN=C(N)NC2CCCCC2)C1. The molecule has 5 N–H and O–H groups in total. The Morgan fingerprint density at radius 2 is 1.78 bits per heavy atom. The summed E-state index contributed by atoms with van der Waals surface area (Å²) >= 11 is 0. The molecule has 0 unspecified atom stereocenters. The van der Waals surface area contributed by atoms with Crippen molar-refractivity contribution in [2.75, 3.05) is 6.54 Å². The lowest BCUT2D eigenvalue weighted by Gasteiger charge is -2.58.